The highest BCUT2D eigenvalue weighted by molar-refractivity contribution is 4.80. The van der Waals surface area contributed by atoms with Crippen molar-refractivity contribution >= 4 is 0 Å². The molecule has 1 saturated heterocycles. The standard InChI is InChI=1S/C23H46O2/c1-4-5-6-7-8-9-10-11-12-13-14-15-16-17-18-24-20-22-19-23(2,3)25-21-22/h22H,4-21H2,1-3H3. The third-order valence-corrected chi connectivity index (χ3v) is 5.49. The Morgan fingerprint density at radius 1 is 0.760 bits per heavy atom. The van der Waals surface area contributed by atoms with Crippen LogP contribution in [0.2, 0.25) is 0 Å². The first-order valence-corrected chi connectivity index (χ1v) is 11.4. The zero-order valence-corrected chi connectivity index (χ0v) is 17.6. The predicted octanol–water partition coefficient (Wildman–Crippen LogP) is 7.30. The molecule has 1 unspecified atom stereocenters. The largest absolute Gasteiger partial charge is 0.381 e. The van der Waals surface area contributed by atoms with E-state index in [1.807, 2.05) is 0 Å². The van der Waals surface area contributed by atoms with Crippen LogP contribution in [0.4, 0.5) is 0 Å². The average molecular weight is 355 g/mol. The first-order valence-electron chi connectivity index (χ1n) is 11.4. The SMILES string of the molecule is CCCCCCCCCCCCCCCCOCC1COC(C)(C)C1. The lowest BCUT2D eigenvalue weighted by molar-refractivity contribution is 0.0311. The number of hydrogen-bond acceptors (Lipinski definition) is 2. The smallest absolute Gasteiger partial charge is 0.0631 e. The highest BCUT2D eigenvalue weighted by Crippen LogP contribution is 2.29. The summed E-state index contributed by atoms with van der Waals surface area (Å²) in [5, 5.41) is 0. The van der Waals surface area contributed by atoms with E-state index in [1.165, 1.54) is 89.9 Å². The molecule has 0 spiro atoms. The molecule has 1 aliphatic heterocycles. The molecule has 2 nitrogen and oxygen atoms in total. The molecular formula is C23H46O2. The third-order valence-electron chi connectivity index (χ3n) is 5.49. The molecule has 1 aliphatic rings. The summed E-state index contributed by atoms with van der Waals surface area (Å²) < 4.78 is 11.6. The monoisotopic (exact) mass is 354 g/mol. The highest BCUT2D eigenvalue weighted by atomic mass is 16.5. The van der Waals surface area contributed by atoms with E-state index in [1.54, 1.807) is 0 Å². The van der Waals surface area contributed by atoms with E-state index in [-0.39, 0.29) is 5.60 Å². The summed E-state index contributed by atoms with van der Waals surface area (Å²) in [5.74, 6) is 0.613. The van der Waals surface area contributed by atoms with Crippen molar-refractivity contribution in [3.05, 3.63) is 0 Å². The predicted molar refractivity (Wildman–Crippen MR) is 109 cm³/mol. The first-order chi connectivity index (χ1) is 12.1. The molecular weight excluding hydrogens is 308 g/mol. The van der Waals surface area contributed by atoms with Crippen LogP contribution in [-0.2, 0) is 9.47 Å². The molecule has 0 saturated carbocycles. The van der Waals surface area contributed by atoms with Gasteiger partial charge in [0.15, 0.2) is 0 Å². The summed E-state index contributed by atoms with van der Waals surface area (Å²) >= 11 is 0. The van der Waals surface area contributed by atoms with Crippen LogP contribution in [0, 0.1) is 5.92 Å². The number of ether oxygens (including phenoxy) is 2. The van der Waals surface area contributed by atoms with Crippen molar-refractivity contribution < 1.29 is 9.47 Å². The van der Waals surface area contributed by atoms with E-state index in [9.17, 15) is 0 Å². The van der Waals surface area contributed by atoms with Gasteiger partial charge in [0.25, 0.3) is 0 Å². The van der Waals surface area contributed by atoms with E-state index < -0.39 is 0 Å². The molecule has 0 aromatic heterocycles. The Hall–Kier alpha value is -0.0800. The van der Waals surface area contributed by atoms with Crippen molar-refractivity contribution in [2.24, 2.45) is 5.92 Å². The van der Waals surface area contributed by atoms with Crippen molar-refractivity contribution in [3.8, 4) is 0 Å². The fraction of sp³-hybridized carbons (Fsp3) is 1.00. The summed E-state index contributed by atoms with van der Waals surface area (Å²) in [6.45, 7) is 9.36. The average Bonchev–Trinajstić information content (AvgIpc) is 2.93. The highest BCUT2D eigenvalue weighted by Gasteiger charge is 2.31. The fourth-order valence-corrected chi connectivity index (χ4v) is 3.91. The summed E-state index contributed by atoms with van der Waals surface area (Å²) in [4.78, 5) is 0. The summed E-state index contributed by atoms with van der Waals surface area (Å²) in [5.41, 5.74) is 0.0725. The van der Waals surface area contributed by atoms with Crippen LogP contribution in [0.1, 0.15) is 117 Å². The number of rotatable bonds is 17. The van der Waals surface area contributed by atoms with Crippen LogP contribution in [0.5, 0.6) is 0 Å². The van der Waals surface area contributed by atoms with Gasteiger partial charge >= 0.3 is 0 Å². The van der Waals surface area contributed by atoms with Crippen LogP contribution in [0.3, 0.4) is 0 Å². The molecule has 1 atom stereocenters. The molecule has 0 aromatic rings. The van der Waals surface area contributed by atoms with Crippen molar-refractivity contribution in [1.29, 1.82) is 0 Å². The summed E-state index contributed by atoms with van der Waals surface area (Å²) in [6, 6.07) is 0. The van der Waals surface area contributed by atoms with Gasteiger partial charge in [0.2, 0.25) is 0 Å². The third kappa shape index (κ3) is 13.7. The maximum atomic E-state index is 5.84. The maximum absolute atomic E-state index is 5.84. The van der Waals surface area contributed by atoms with Crippen molar-refractivity contribution in [3.63, 3.8) is 0 Å². The first kappa shape index (κ1) is 23.0. The van der Waals surface area contributed by atoms with Crippen LogP contribution in [0.15, 0.2) is 0 Å². The molecule has 1 fully saturated rings. The van der Waals surface area contributed by atoms with Gasteiger partial charge in [-0.1, -0.05) is 90.4 Å². The quantitative estimate of drug-likeness (QED) is 0.255. The minimum Gasteiger partial charge on any atom is -0.381 e. The van der Waals surface area contributed by atoms with Crippen LogP contribution >= 0.6 is 0 Å². The van der Waals surface area contributed by atoms with Crippen LogP contribution < -0.4 is 0 Å². The molecule has 0 N–H and O–H groups in total. The second-order valence-corrected chi connectivity index (χ2v) is 8.81. The molecule has 0 radical (unpaired) electrons. The van der Waals surface area contributed by atoms with Gasteiger partial charge in [-0.25, -0.2) is 0 Å². The lowest BCUT2D eigenvalue weighted by Gasteiger charge is -2.15. The van der Waals surface area contributed by atoms with Crippen LogP contribution in [-0.4, -0.2) is 25.4 Å². The molecule has 2 heteroatoms. The molecule has 1 heterocycles. The molecule has 1 rings (SSSR count). The lowest BCUT2D eigenvalue weighted by atomic mass is 9.99. The molecule has 0 aromatic carbocycles. The van der Waals surface area contributed by atoms with E-state index in [4.69, 9.17) is 9.47 Å². The molecule has 0 amide bonds. The van der Waals surface area contributed by atoms with Gasteiger partial charge in [-0.3, -0.25) is 0 Å². The maximum Gasteiger partial charge on any atom is 0.0631 e. The summed E-state index contributed by atoms with van der Waals surface area (Å²) in [6.07, 6.45) is 20.9. The zero-order valence-electron chi connectivity index (χ0n) is 17.6. The number of hydrogen-bond donors (Lipinski definition) is 0. The van der Waals surface area contributed by atoms with E-state index >= 15 is 0 Å². The topological polar surface area (TPSA) is 18.5 Å². The van der Waals surface area contributed by atoms with Gasteiger partial charge in [-0.2, -0.15) is 0 Å². The lowest BCUT2D eigenvalue weighted by Crippen LogP contribution is -2.17. The minimum atomic E-state index is 0.0725. The van der Waals surface area contributed by atoms with Crippen molar-refractivity contribution in [1.82, 2.24) is 0 Å². The Kier molecular flexibility index (Phi) is 13.8. The van der Waals surface area contributed by atoms with Gasteiger partial charge in [-0.15, -0.1) is 0 Å². The molecule has 0 aliphatic carbocycles. The second kappa shape index (κ2) is 15.0. The van der Waals surface area contributed by atoms with Gasteiger partial charge in [0.1, 0.15) is 0 Å². The summed E-state index contributed by atoms with van der Waals surface area (Å²) in [7, 11) is 0. The molecule has 0 bridgehead atoms. The Morgan fingerprint density at radius 3 is 1.68 bits per heavy atom. The Labute approximate surface area is 158 Å². The van der Waals surface area contributed by atoms with E-state index in [2.05, 4.69) is 20.8 Å². The normalized spacial score (nSPS) is 19.6. The Morgan fingerprint density at radius 2 is 1.24 bits per heavy atom. The Bertz CT molecular complexity index is 288. The van der Waals surface area contributed by atoms with Gasteiger partial charge < -0.3 is 9.47 Å². The molecule has 150 valence electrons. The minimum absolute atomic E-state index is 0.0725. The van der Waals surface area contributed by atoms with Crippen molar-refractivity contribution in [2.45, 2.75) is 123 Å². The van der Waals surface area contributed by atoms with Crippen molar-refractivity contribution in [2.75, 3.05) is 19.8 Å². The molecule has 25 heavy (non-hydrogen) atoms. The van der Waals surface area contributed by atoms with E-state index in [0.29, 0.717) is 5.92 Å². The van der Waals surface area contributed by atoms with E-state index in [0.717, 1.165) is 26.2 Å². The van der Waals surface area contributed by atoms with Gasteiger partial charge in [-0.05, 0) is 26.7 Å². The second-order valence-electron chi connectivity index (χ2n) is 8.81. The van der Waals surface area contributed by atoms with Gasteiger partial charge in [0.05, 0.1) is 18.8 Å². The Balaban J connectivity index is 1.70. The zero-order chi connectivity index (χ0) is 18.2. The number of unbranched alkanes of at least 4 members (excludes halogenated alkanes) is 13. The van der Waals surface area contributed by atoms with Gasteiger partial charge in [0, 0.05) is 12.5 Å². The van der Waals surface area contributed by atoms with Crippen LogP contribution in [0.25, 0.3) is 0 Å². The fourth-order valence-electron chi connectivity index (χ4n) is 3.91.